The molecule has 1 aromatic rings. The maximum Gasteiger partial charge on any atom is 0.249 e. The molecule has 0 saturated heterocycles. The lowest BCUT2D eigenvalue weighted by Crippen LogP contribution is -2.15. The van der Waals surface area contributed by atoms with E-state index in [1.54, 1.807) is 18.2 Å². The van der Waals surface area contributed by atoms with E-state index in [4.69, 9.17) is 5.21 Å². The van der Waals surface area contributed by atoms with Crippen LogP contribution >= 0.6 is 0 Å². The molecule has 0 aliphatic heterocycles. The first-order valence-electron chi connectivity index (χ1n) is 4.03. The maximum absolute atomic E-state index is 10.2. The Morgan fingerprint density at radius 2 is 2.36 bits per heavy atom. The summed E-state index contributed by atoms with van der Waals surface area (Å²) in [5.41, 5.74) is 1.61. The smallest absolute Gasteiger partial charge is 0.249 e. The summed E-state index contributed by atoms with van der Waals surface area (Å²) in [7, 11) is 0. The largest absolute Gasteiger partial charge is 0.410 e. The van der Waals surface area contributed by atoms with E-state index in [1.807, 2.05) is 13.0 Å². The third-order valence-corrected chi connectivity index (χ3v) is 1.75. The van der Waals surface area contributed by atoms with E-state index in [1.165, 1.54) is 0 Å². The molecule has 1 N–H and O–H groups in total. The van der Waals surface area contributed by atoms with Gasteiger partial charge >= 0.3 is 0 Å². The first kappa shape index (κ1) is 10.2. The second kappa shape index (κ2) is 4.36. The summed E-state index contributed by atoms with van der Waals surface area (Å²) in [6, 6.07) is 7.03. The number of nitro groups is 1. The van der Waals surface area contributed by atoms with E-state index in [-0.39, 0.29) is 5.71 Å². The Hall–Kier alpha value is -1.91. The van der Waals surface area contributed by atoms with Crippen molar-refractivity contribution in [1.29, 1.82) is 0 Å². The number of nitrogens with zero attached hydrogens (tertiary/aromatic N) is 2. The van der Waals surface area contributed by atoms with Crippen LogP contribution in [0, 0.1) is 17.0 Å². The minimum Gasteiger partial charge on any atom is -0.410 e. The van der Waals surface area contributed by atoms with E-state index >= 15 is 0 Å². The molecule has 0 radical (unpaired) electrons. The Kier molecular flexibility index (Phi) is 3.17. The topological polar surface area (TPSA) is 75.7 Å². The number of aryl methyl sites for hydroxylation is 1. The molecule has 14 heavy (non-hydrogen) atoms. The normalized spacial score (nSPS) is 11.4. The fraction of sp³-hybridized carbons (Fsp3) is 0.222. The molecule has 0 aromatic heterocycles. The van der Waals surface area contributed by atoms with Crippen molar-refractivity contribution in [3.05, 3.63) is 45.5 Å². The van der Waals surface area contributed by atoms with Crippen LogP contribution in [-0.4, -0.2) is 22.4 Å². The summed E-state index contributed by atoms with van der Waals surface area (Å²) >= 11 is 0. The van der Waals surface area contributed by atoms with Crippen LogP contribution in [0.3, 0.4) is 0 Å². The lowest BCUT2D eigenvalue weighted by molar-refractivity contribution is -0.463. The van der Waals surface area contributed by atoms with Crippen LogP contribution in [0.2, 0.25) is 0 Å². The highest BCUT2D eigenvalue weighted by Gasteiger charge is 2.10. The summed E-state index contributed by atoms with van der Waals surface area (Å²) in [6.45, 7) is 1.39. The molecule has 0 atom stereocenters. The van der Waals surface area contributed by atoms with Crippen molar-refractivity contribution in [2.45, 2.75) is 6.92 Å². The zero-order valence-electron chi connectivity index (χ0n) is 7.67. The summed E-state index contributed by atoms with van der Waals surface area (Å²) in [5, 5.41) is 21.8. The van der Waals surface area contributed by atoms with Crippen molar-refractivity contribution in [3.8, 4) is 0 Å². The first-order valence-corrected chi connectivity index (χ1v) is 4.03. The van der Waals surface area contributed by atoms with Crippen LogP contribution in [0.15, 0.2) is 29.4 Å². The average Bonchev–Trinajstić information content (AvgIpc) is 2.14. The minimum atomic E-state index is -0.530. The van der Waals surface area contributed by atoms with Gasteiger partial charge in [-0.2, -0.15) is 0 Å². The third kappa shape index (κ3) is 2.55. The van der Waals surface area contributed by atoms with Crippen molar-refractivity contribution in [2.75, 3.05) is 6.54 Å². The maximum atomic E-state index is 10.2. The summed E-state index contributed by atoms with van der Waals surface area (Å²) < 4.78 is 0. The zero-order chi connectivity index (χ0) is 10.6. The Morgan fingerprint density at radius 1 is 1.64 bits per heavy atom. The van der Waals surface area contributed by atoms with Crippen LogP contribution in [0.1, 0.15) is 11.1 Å². The zero-order valence-corrected chi connectivity index (χ0v) is 7.67. The van der Waals surface area contributed by atoms with Gasteiger partial charge in [0.1, 0.15) is 0 Å². The monoisotopic (exact) mass is 194 g/mol. The number of hydrogen-bond donors (Lipinski definition) is 1. The highest BCUT2D eigenvalue weighted by atomic mass is 16.6. The lowest BCUT2D eigenvalue weighted by Gasteiger charge is -2.00. The second-order valence-corrected chi connectivity index (χ2v) is 2.91. The molecule has 0 amide bonds. The van der Waals surface area contributed by atoms with Crippen molar-refractivity contribution < 1.29 is 10.1 Å². The van der Waals surface area contributed by atoms with Gasteiger partial charge in [0.05, 0.1) is 0 Å². The molecule has 0 bridgehead atoms. The van der Waals surface area contributed by atoms with Gasteiger partial charge in [-0.3, -0.25) is 10.1 Å². The predicted octanol–water partition coefficient (Wildman–Crippen LogP) is 1.45. The predicted molar refractivity (Wildman–Crippen MR) is 51.4 cm³/mol. The fourth-order valence-corrected chi connectivity index (χ4v) is 1.13. The van der Waals surface area contributed by atoms with Gasteiger partial charge in [0.25, 0.3) is 0 Å². The molecule has 1 aromatic carbocycles. The van der Waals surface area contributed by atoms with Crippen LogP contribution in [0.25, 0.3) is 0 Å². The summed E-state index contributed by atoms with van der Waals surface area (Å²) in [4.78, 5) is 9.71. The number of rotatable bonds is 3. The molecular formula is C9H10N2O3. The first-order chi connectivity index (χ1) is 6.63. The Morgan fingerprint density at radius 3 is 2.86 bits per heavy atom. The van der Waals surface area contributed by atoms with E-state index in [9.17, 15) is 10.1 Å². The minimum absolute atomic E-state index is 0.0682. The standard InChI is InChI=1S/C9H10N2O3/c1-7-3-2-4-8(5-7)9(10-12)6-11(13)14/h2-5,12H,6H2,1H3. The molecule has 1 rings (SSSR count). The Labute approximate surface area is 80.8 Å². The van der Waals surface area contributed by atoms with Crippen molar-refractivity contribution in [2.24, 2.45) is 5.16 Å². The molecule has 0 spiro atoms. The van der Waals surface area contributed by atoms with Gasteiger partial charge in [-0.1, -0.05) is 28.9 Å². The van der Waals surface area contributed by atoms with Gasteiger partial charge in [-0.25, -0.2) is 0 Å². The van der Waals surface area contributed by atoms with E-state index in [2.05, 4.69) is 5.16 Å². The molecule has 0 heterocycles. The van der Waals surface area contributed by atoms with Crippen LogP contribution < -0.4 is 0 Å². The summed E-state index contributed by atoms with van der Waals surface area (Å²) in [5.74, 6) is 0. The highest BCUT2D eigenvalue weighted by Crippen LogP contribution is 2.05. The van der Waals surface area contributed by atoms with E-state index in [0.29, 0.717) is 5.56 Å². The lowest BCUT2D eigenvalue weighted by atomic mass is 10.1. The third-order valence-electron chi connectivity index (χ3n) is 1.75. The molecule has 0 saturated carbocycles. The SMILES string of the molecule is Cc1cccc(C(C[N+](=O)[O-])=NO)c1. The van der Waals surface area contributed by atoms with Gasteiger partial charge < -0.3 is 5.21 Å². The number of oxime groups is 1. The Balaban J connectivity index is 2.96. The summed E-state index contributed by atoms with van der Waals surface area (Å²) in [6.07, 6.45) is 0. The van der Waals surface area contributed by atoms with Gasteiger partial charge in [0.15, 0.2) is 5.71 Å². The van der Waals surface area contributed by atoms with Crippen LogP contribution in [-0.2, 0) is 0 Å². The number of benzene rings is 1. The van der Waals surface area contributed by atoms with Gasteiger partial charge in [0, 0.05) is 10.5 Å². The van der Waals surface area contributed by atoms with Gasteiger partial charge in [-0.05, 0) is 13.0 Å². The molecular weight excluding hydrogens is 184 g/mol. The quantitative estimate of drug-likeness (QED) is 0.342. The van der Waals surface area contributed by atoms with E-state index in [0.717, 1.165) is 5.56 Å². The van der Waals surface area contributed by atoms with Crippen molar-refractivity contribution in [3.63, 3.8) is 0 Å². The molecule has 0 unspecified atom stereocenters. The molecule has 74 valence electrons. The number of hydrogen-bond acceptors (Lipinski definition) is 4. The Bertz CT molecular complexity index is 374. The second-order valence-electron chi connectivity index (χ2n) is 2.91. The average molecular weight is 194 g/mol. The van der Waals surface area contributed by atoms with Gasteiger partial charge in [-0.15, -0.1) is 0 Å². The molecule has 0 aliphatic carbocycles. The molecule has 0 aliphatic rings. The highest BCUT2D eigenvalue weighted by molar-refractivity contribution is 6.01. The van der Waals surface area contributed by atoms with Crippen LogP contribution in [0.4, 0.5) is 0 Å². The molecule has 0 fully saturated rings. The van der Waals surface area contributed by atoms with Crippen molar-refractivity contribution in [1.82, 2.24) is 0 Å². The fourth-order valence-electron chi connectivity index (χ4n) is 1.13. The molecule has 5 heteroatoms. The van der Waals surface area contributed by atoms with Crippen LogP contribution in [0.5, 0.6) is 0 Å². The van der Waals surface area contributed by atoms with Crippen molar-refractivity contribution >= 4 is 5.71 Å². The van der Waals surface area contributed by atoms with Gasteiger partial charge in [0.2, 0.25) is 6.54 Å². The molecule has 5 nitrogen and oxygen atoms in total. The van der Waals surface area contributed by atoms with E-state index < -0.39 is 11.5 Å².